The van der Waals surface area contributed by atoms with Crippen LogP contribution in [0.4, 0.5) is 0 Å². The second-order valence-corrected chi connectivity index (χ2v) is 7.16. The minimum Gasteiger partial charge on any atom is -0.319 e. The number of imidazole rings is 1. The van der Waals surface area contributed by atoms with E-state index in [2.05, 4.69) is 99.4 Å². The summed E-state index contributed by atoms with van der Waals surface area (Å²) >= 11 is 3.52. The lowest BCUT2D eigenvalue weighted by molar-refractivity contribution is 0.856. The largest absolute Gasteiger partial charge is 0.319 e. The lowest BCUT2D eigenvalue weighted by Gasteiger charge is -2.09. The van der Waals surface area contributed by atoms with Crippen molar-refractivity contribution in [2.45, 2.75) is 6.54 Å². The van der Waals surface area contributed by atoms with Gasteiger partial charge < -0.3 is 4.57 Å². The van der Waals surface area contributed by atoms with Gasteiger partial charge in [-0.3, -0.25) is 0 Å². The predicted molar refractivity (Wildman–Crippen MR) is 105 cm³/mol. The normalized spacial score (nSPS) is 12.0. The minimum atomic E-state index is 0.874. The summed E-state index contributed by atoms with van der Waals surface area (Å²) in [4.78, 5) is 5.06. The quantitative estimate of drug-likeness (QED) is 0.363. The van der Waals surface area contributed by atoms with Crippen molar-refractivity contribution < 1.29 is 0 Å². The summed E-state index contributed by atoms with van der Waals surface area (Å²) in [5.74, 6) is 1.06. The lowest BCUT2D eigenvalue weighted by atomic mass is 10.0. The van der Waals surface area contributed by atoms with Crippen LogP contribution in [0.25, 0.3) is 33.9 Å². The van der Waals surface area contributed by atoms with Gasteiger partial charge >= 0.3 is 0 Å². The van der Waals surface area contributed by atoms with Crippen molar-refractivity contribution in [1.29, 1.82) is 0 Å². The first-order chi connectivity index (χ1) is 12.3. The maximum atomic E-state index is 5.06. The van der Waals surface area contributed by atoms with Crippen molar-refractivity contribution in [2.24, 2.45) is 0 Å². The monoisotopic (exact) mass is 386 g/mol. The minimum absolute atomic E-state index is 0.874. The van der Waals surface area contributed by atoms with Gasteiger partial charge in [-0.2, -0.15) is 0 Å². The van der Waals surface area contributed by atoms with E-state index in [1.54, 1.807) is 0 Å². The molecule has 0 saturated carbocycles. The Kier molecular flexibility index (Phi) is 3.35. The summed E-state index contributed by atoms with van der Waals surface area (Å²) in [6.07, 6.45) is 0. The van der Waals surface area contributed by atoms with E-state index < -0.39 is 0 Å². The highest BCUT2D eigenvalue weighted by Gasteiger charge is 2.26. The molecular weight excluding hydrogens is 372 g/mol. The Morgan fingerprint density at radius 2 is 1.48 bits per heavy atom. The molecular formula is C22H15BrN2. The Morgan fingerprint density at radius 3 is 2.28 bits per heavy atom. The number of rotatable bonds is 2. The van der Waals surface area contributed by atoms with Crippen LogP contribution in [-0.4, -0.2) is 9.55 Å². The molecule has 0 atom stereocenters. The molecule has 3 heteroatoms. The molecule has 0 unspecified atom stereocenters. The summed E-state index contributed by atoms with van der Waals surface area (Å²) < 4.78 is 3.42. The van der Waals surface area contributed by atoms with E-state index in [-0.39, 0.29) is 0 Å². The molecule has 0 bridgehead atoms. The summed E-state index contributed by atoms with van der Waals surface area (Å²) in [5.41, 5.74) is 7.15. The molecule has 0 radical (unpaired) electrons. The summed E-state index contributed by atoms with van der Waals surface area (Å²) in [6, 6.07) is 27.5. The van der Waals surface area contributed by atoms with Crippen LogP contribution >= 0.6 is 15.9 Å². The van der Waals surface area contributed by atoms with E-state index in [9.17, 15) is 0 Å². The van der Waals surface area contributed by atoms with Crippen molar-refractivity contribution in [2.75, 3.05) is 0 Å². The third kappa shape index (κ3) is 2.35. The Balaban J connectivity index is 1.79. The summed E-state index contributed by atoms with van der Waals surface area (Å²) in [5, 5.41) is 0. The van der Waals surface area contributed by atoms with Gasteiger partial charge in [-0.25, -0.2) is 4.98 Å². The Hall–Kier alpha value is -2.65. The van der Waals surface area contributed by atoms with Crippen LogP contribution < -0.4 is 0 Å². The van der Waals surface area contributed by atoms with Gasteiger partial charge in [0.05, 0.1) is 17.9 Å². The molecule has 0 fully saturated rings. The zero-order valence-corrected chi connectivity index (χ0v) is 15.1. The fourth-order valence-electron chi connectivity index (χ4n) is 3.56. The van der Waals surface area contributed by atoms with Gasteiger partial charge in [-0.15, -0.1) is 0 Å². The van der Waals surface area contributed by atoms with Crippen LogP contribution in [0.3, 0.4) is 0 Å². The zero-order chi connectivity index (χ0) is 16.8. The van der Waals surface area contributed by atoms with E-state index in [0.717, 1.165) is 28.1 Å². The lowest BCUT2D eigenvalue weighted by Crippen LogP contribution is -1.97. The molecule has 1 aliphatic rings. The molecule has 0 amide bonds. The Bertz CT molecular complexity index is 1060. The van der Waals surface area contributed by atoms with E-state index in [1.165, 1.54) is 22.4 Å². The highest BCUT2D eigenvalue weighted by molar-refractivity contribution is 9.10. The van der Waals surface area contributed by atoms with Gasteiger partial charge in [-0.05, 0) is 17.7 Å². The van der Waals surface area contributed by atoms with Crippen LogP contribution in [0, 0.1) is 0 Å². The molecule has 1 aliphatic heterocycles. The molecule has 2 nitrogen and oxygen atoms in total. The van der Waals surface area contributed by atoms with E-state index in [4.69, 9.17) is 4.98 Å². The fraction of sp³-hybridized carbons (Fsp3) is 0.0455. The molecule has 120 valence electrons. The van der Waals surface area contributed by atoms with E-state index >= 15 is 0 Å². The molecule has 1 aromatic heterocycles. The highest BCUT2D eigenvalue weighted by atomic mass is 79.9. The molecule has 2 heterocycles. The first kappa shape index (κ1) is 14.7. The maximum Gasteiger partial charge on any atom is 0.141 e. The van der Waals surface area contributed by atoms with Gasteiger partial charge in [0.25, 0.3) is 0 Å². The highest BCUT2D eigenvalue weighted by Crippen LogP contribution is 2.41. The van der Waals surface area contributed by atoms with Gasteiger partial charge in [0, 0.05) is 21.2 Å². The molecule has 5 rings (SSSR count). The van der Waals surface area contributed by atoms with Crippen LogP contribution in [0.15, 0.2) is 83.3 Å². The maximum absolute atomic E-state index is 5.06. The van der Waals surface area contributed by atoms with Crippen molar-refractivity contribution in [3.63, 3.8) is 0 Å². The second-order valence-electron chi connectivity index (χ2n) is 6.25. The number of fused-ring (bicyclic) bond motifs is 3. The van der Waals surface area contributed by atoms with Crippen molar-refractivity contribution in [3.05, 3.63) is 88.9 Å². The Morgan fingerprint density at radius 1 is 0.760 bits per heavy atom. The van der Waals surface area contributed by atoms with Crippen LogP contribution in [-0.2, 0) is 6.54 Å². The SMILES string of the molecule is Brc1ccc(-c2nc3n(c2-c2ccccc2)Cc2ccccc2-3)cc1. The standard InChI is InChI=1S/C22H15BrN2/c23-18-12-10-15(11-13-18)20-21(16-6-2-1-3-7-16)25-14-17-8-4-5-9-19(17)22(25)24-20/h1-13H,14H2. The Labute approximate surface area is 154 Å². The van der Waals surface area contributed by atoms with Crippen molar-refractivity contribution in [3.8, 4) is 33.9 Å². The van der Waals surface area contributed by atoms with Gasteiger partial charge in [0.2, 0.25) is 0 Å². The number of halogens is 1. The van der Waals surface area contributed by atoms with Gasteiger partial charge in [0.15, 0.2) is 0 Å². The van der Waals surface area contributed by atoms with Gasteiger partial charge in [-0.1, -0.05) is 82.7 Å². The summed E-state index contributed by atoms with van der Waals surface area (Å²) in [7, 11) is 0. The number of hydrogen-bond donors (Lipinski definition) is 0. The number of aromatic nitrogens is 2. The van der Waals surface area contributed by atoms with Gasteiger partial charge in [0.1, 0.15) is 5.82 Å². The van der Waals surface area contributed by atoms with E-state index in [0.29, 0.717) is 0 Å². The third-order valence-electron chi connectivity index (χ3n) is 4.72. The first-order valence-electron chi connectivity index (χ1n) is 8.31. The molecule has 4 aromatic rings. The number of benzene rings is 3. The van der Waals surface area contributed by atoms with Crippen LogP contribution in [0.1, 0.15) is 5.56 Å². The molecule has 3 aromatic carbocycles. The first-order valence-corrected chi connectivity index (χ1v) is 9.11. The van der Waals surface area contributed by atoms with Crippen LogP contribution in [0.2, 0.25) is 0 Å². The predicted octanol–water partition coefficient (Wildman–Crippen LogP) is 6.01. The average Bonchev–Trinajstić information content (AvgIpc) is 3.19. The topological polar surface area (TPSA) is 17.8 Å². The average molecular weight is 387 g/mol. The number of nitrogens with zero attached hydrogens (tertiary/aromatic N) is 2. The molecule has 0 spiro atoms. The van der Waals surface area contributed by atoms with Crippen molar-refractivity contribution >= 4 is 15.9 Å². The molecule has 0 saturated heterocycles. The fourth-order valence-corrected chi connectivity index (χ4v) is 3.82. The number of hydrogen-bond acceptors (Lipinski definition) is 1. The smallest absolute Gasteiger partial charge is 0.141 e. The van der Waals surface area contributed by atoms with Crippen molar-refractivity contribution in [1.82, 2.24) is 9.55 Å². The van der Waals surface area contributed by atoms with Crippen LogP contribution in [0.5, 0.6) is 0 Å². The second kappa shape index (κ2) is 5.71. The molecule has 0 N–H and O–H groups in total. The molecule has 25 heavy (non-hydrogen) atoms. The third-order valence-corrected chi connectivity index (χ3v) is 5.25. The van der Waals surface area contributed by atoms with E-state index in [1.807, 2.05) is 0 Å². The summed E-state index contributed by atoms with van der Waals surface area (Å²) in [6.45, 7) is 0.874. The zero-order valence-electron chi connectivity index (χ0n) is 13.5. The molecule has 0 aliphatic carbocycles.